The largest absolute Gasteiger partial charge is 0.497 e. The molecule has 4 rings (SSSR count). The van der Waals surface area contributed by atoms with Crippen molar-refractivity contribution in [2.24, 2.45) is 0 Å². The third kappa shape index (κ3) is 3.89. The van der Waals surface area contributed by atoms with Gasteiger partial charge < -0.3 is 14.2 Å². The Kier molecular flexibility index (Phi) is 5.71. The van der Waals surface area contributed by atoms with Crippen LogP contribution in [0.15, 0.2) is 60.4 Å². The van der Waals surface area contributed by atoms with Gasteiger partial charge in [0.1, 0.15) is 23.9 Å². The number of hydrogen-bond acceptors (Lipinski definition) is 4. The summed E-state index contributed by atoms with van der Waals surface area (Å²) in [5, 5.41) is 1.08. The second-order valence-electron chi connectivity index (χ2n) is 6.77. The van der Waals surface area contributed by atoms with Gasteiger partial charge in [0, 0.05) is 21.2 Å². The van der Waals surface area contributed by atoms with E-state index < -0.39 is 0 Å². The molecule has 0 spiro atoms. The minimum absolute atomic E-state index is 0.170. The van der Waals surface area contributed by atoms with E-state index >= 15 is 0 Å². The first kappa shape index (κ1) is 20.3. The molecule has 4 nitrogen and oxygen atoms in total. The molecule has 0 saturated heterocycles. The number of benzene rings is 3. The van der Waals surface area contributed by atoms with Crippen molar-refractivity contribution >= 4 is 35.1 Å². The molecule has 0 atom stereocenters. The van der Waals surface area contributed by atoms with E-state index in [1.54, 1.807) is 43.5 Å². The molecule has 3 aromatic rings. The molecule has 0 aliphatic carbocycles. The summed E-state index contributed by atoms with van der Waals surface area (Å²) >= 11 is 12.4. The summed E-state index contributed by atoms with van der Waals surface area (Å²) in [6.07, 6.45) is 1.70. The van der Waals surface area contributed by atoms with Crippen LogP contribution in [0.5, 0.6) is 17.2 Å². The summed E-state index contributed by atoms with van der Waals surface area (Å²) in [5.74, 6) is 1.89. The molecule has 6 heteroatoms. The lowest BCUT2D eigenvalue weighted by atomic mass is 10.1. The van der Waals surface area contributed by atoms with Crippen molar-refractivity contribution in [3.05, 3.63) is 92.7 Å². The second kappa shape index (κ2) is 8.42. The maximum atomic E-state index is 12.8. The molecule has 0 saturated carbocycles. The number of ketones is 1. The second-order valence-corrected chi connectivity index (χ2v) is 7.59. The fourth-order valence-electron chi connectivity index (χ4n) is 3.23. The summed E-state index contributed by atoms with van der Waals surface area (Å²) in [4.78, 5) is 12.8. The molecular weight excluding hydrogens is 423 g/mol. The van der Waals surface area contributed by atoms with E-state index in [9.17, 15) is 4.79 Å². The fourth-order valence-corrected chi connectivity index (χ4v) is 3.73. The maximum Gasteiger partial charge on any atom is 0.231 e. The van der Waals surface area contributed by atoms with Crippen LogP contribution in [0.3, 0.4) is 0 Å². The number of rotatable bonds is 5. The maximum absolute atomic E-state index is 12.8. The zero-order chi connectivity index (χ0) is 21.3. The van der Waals surface area contributed by atoms with E-state index in [4.69, 9.17) is 37.4 Å². The van der Waals surface area contributed by atoms with Crippen molar-refractivity contribution in [3.8, 4) is 17.2 Å². The average Bonchev–Trinajstić information content (AvgIpc) is 3.05. The van der Waals surface area contributed by atoms with E-state index in [-0.39, 0.29) is 18.1 Å². The van der Waals surface area contributed by atoms with Crippen LogP contribution in [0, 0.1) is 6.92 Å². The summed E-state index contributed by atoms with van der Waals surface area (Å²) < 4.78 is 17.1. The lowest BCUT2D eigenvalue weighted by Crippen LogP contribution is -2.00. The number of halogens is 2. The van der Waals surface area contributed by atoms with Gasteiger partial charge in [0.05, 0.1) is 12.7 Å². The first-order valence-corrected chi connectivity index (χ1v) is 10.0. The van der Waals surface area contributed by atoms with Crippen molar-refractivity contribution < 1.29 is 19.0 Å². The lowest BCUT2D eigenvalue weighted by molar-refractivity contribution is 0.101. The molecule has 3 aromatic carbocycles. The number of ether oxygens (including phenoxy) is 3. The van der Waals surface area contributed by atoms with Gasteiger partial charge in [0.25, 0.3) is 0 Å². The van der Waals surface area contributed by atoms with Crippen LogP contribution in [0.4, 0.5) is 0 Å². The van der Waals surface area contributed by atoms with Gasteiger partial charge in [0.15, 0.2) is 5.76 Å². The molecule has 30 heavy (non-hydrogen) atoms. The normalized spacial score (nSPS) is 13.9. The Morgan fingerprint density at radius 2 is 1.77 bits per heavy atom. The van der Waals surface area contributed by atoms with Crippen molar-refractivity contribution in [2.75, 3.05) is 7.11 Å². The summed E-state index contributed by atoms with van der Waals surface area (Å²) in [5.41, 5.74) is 2.76. The van der Waals surface area contributed by atoms with Crippen LogP contribution in [0.2, 0.25) is 10.0 Å². The van der Waals surface area contributed by atoms with Gasteiger partial charge in [-0.25, -0.2) is 0 Å². The predicted octanol–water partition coefficient (Wildman–Crippen LogP) is 6.51. The zero-order valence-electron chi connectivity index (χ0n) is 16.4. The smallest absolute Gasteiger partial charge is 0.231 e. The number of allylic oxidation sites excluding steroid dienone is 1. The molecule has 1 heterocycles. The van der Waals surface area contributed by atoms with Gasteiger partial charge in [-0.05, 0) is 55.0 Å². The first-order chi connectivity index (χ1) is 14.5. The topological polar surface area (TPSA) is 44.8 Å². The van der Waals surface area contributed by atoms with Crippen LogP contribution in [0.1, 0.15) is 27.0 Å². The molecule has 0 aromatic heterocycles. The molecule has 152 valence electrons. The van der Waals surface area contributed by atoms with Gasteiger partial charge in [-0.3, -0.25) is 4.79 Å². The van der Waals surface area contributed by atoms with Crippen LogP contribution < -0.4 is 14.2 Å². The molecule has 1 aliphatic heterocycles. The third-order valence-electron chi connectivity index (χ3n) is 4.86. The van der Waals surface area contributed by atoms with E-state index in [0.29, 0.717) is 38.4 Å². The molecule has 0 radical (unpaired) electrons. The van der Waals surface area contributed by atoms with Crippen molar-refractivity contribution in [1.29, 1.82) is 0 Å². The van der Waals surface area contributed by atoms with E-state index in [1.165, 1.54) is 0 Å². The molecule has 1 aliphatic rings. The van der Waals surface area contributed by atoms with Crippen LogP contribution >= 0.6 is 23.2 Å². The average molecular weight is 441 g/mol. The molecule has 0 unspecified atom stereocenters. The highest BCUT2D eigenvalue weighted by atomic mass is 35.5. The van der Waals surface area contributed by atoms with Crippen LogP contribution in [-0.4, -0.2) is 12.9 Å². The molecule has 0 fully saturated rings. The van der Waals surface area contributed by atoms with E-state index in [0.717, 1.165) is 11.1 Å². The van der Waals surface area contributed by atoms with E-state index in [1.807, 2.05) is 31.2 Å². The zero-order valence-corrected chi connectivity index (χ0v) is 17.9. The number of fused-ring (bicyclic) bond motifs is 1. The Labute approximate surface area is 184 Å². The summed E-state index contributed by atoms with van der Waals surface area (Å²) in [6, 6.07) is 16.2. The van der Waals surface area contributed by atoms with Crippen LogP contribution in [-0.2, 0) is 6.61 Å². The Bertz CT molecular complexity index is 1150. The Morgan fingerprint density at radius 3 is 2.50 bits per heavy atom. The number of Topliss-reactive ketones (excluding diaryl/α,β-unsaturated/α-hetero) is 1. The first-order valence-electron chi connectivity index (χ1n) is 9.25. The van der Waals surface area contributed by atoms with Gasteiger partial charge in [0.2, 0.25) is 5.78 Å². The standard InChI is InChI=1S/C24H18Cl2O4/c1-14-21(29-13-18-19(25)7-4-8-20(18)26)10-9-17-23(27)22(30-24(14)17)12-15-5-3-6-16(11-15)28-2/h3-12H,13H2,1-2H3/b22-12-. The quantitative estimate of drug-likeness (QED) is 0.424. The number of carbonyl (C=O) groups excluding carboxylic acids is 1. The Morgan fingerprint density at radius 1 is 1.03 bits per heavy atom. The van der Waals surface area contributed by atoms with Crippen molar-refractivity contribution in [2.45, 2.75) is 13.5 Å². The number of methoxy groups -OCH3 is 1. The monoisotopic (exact) mass is 440 g/mol. The van der Waals surface area contributed by atoms with Crippen molar-refractivity contribution in [3.63, 3.8) is 0 Å². The minimum Gasteiger partial charge on any atom is -0.497 e. The minimum atomic E-state index is -0.170. The molecule has 0 bridgehead atoms. The van der Waals surface area contributed by atoms with Gasteiger partial charge in [-0.2, -0.15) is 0 Å². The molecule has 0 amide bonds. The van der Waals surface area contributed by atoms with Gasteiger partial charge in [-0.15, -0.1) is 0 Å². The molecular formula is C24H18Cl2O4. The van der Waals surface area contributed by atoms with E-state index in [2.05, 4.69) is 0 Å². The summed E-state index contributed by atoms with van der Waals surface area (Å²) in [6.45, 7) is 2.06. The number of hydrogen-bond donors (Lipinski definition) is 0. The highest BCUT2D eigenvalue weighted by molar-refractivity contribution is 6.35. The SMILES string of the molecule is COc1cccc(/C=C2\Oc3c(ccc(OCc4c(Cl)cccc4Cl)c3C)C2=O)c1. The fraction of sp³-hybridized carbons (Fsp3) is 0.125. The van der Waals surface area contributed by atoms with Crippen molar-refractivity contribution in [1.82, 2.24) is 0 Å². The lowest BCUT2D eigenvalue weighted by Gasteiger charge is -2.13. The molecule has 0 N–H and O–H groups in total. The predicted molar refractivity (Wildman–Crippen MR) is 118 cm³/mol. The Hall–Kier alpha value is -2.95. The highest BCUT2D eigenvalue weighted by Gasteiger charge is 2.30. The number of carbonyl (C=O) groups is 1. The van der Waals surface area contributed by atoms with Crippen LogP contribution in [0.25, 0.3) is 6.08 Å². The highest BCUT2D eigenvalue weighted by Crippen LogP contribution is 2.40. The van der Waals surface area contributed by atoms with Gasteiger partial charge in [-0.1, -0.05) is 41.4 Å². The van der Waals surface area contributed by atoms with Gasteiger partial charge >= 0.3 is 0 Å². The summed E-state index contributed by atoms with van der Waals surface area (Å²) in [7, 11) is 1.60. The Balaban J connectivity index is 1.59. The third-order valence-corrected chi connectivity index (χ3v) is 5.57.